The summed E-state index contributed by atoms with van der Waals surface area (Å²) in [5.41, 5.74) is 6.19. The third-order valence-corrected chi connectivity index (χ3v) is 5.65. The number of ether oxygens (including phenoxy) is 1. The molecule has 1 fully saturated rings. The van der Waals surface area contributed by atoms with E-state index in [1.807, 2.05) is 6.07 Å². The van der Waals surface area contributed by atoms with Crippen LogP contribution in [0.4, 0.5) is 0 Å². The second-order valence-corrected chi connectivity index (χ2v) is 7.90. The fourth-order valence-corrected chi connectivity index (χ4v) is 4.03. The number of hydrogen-bond acceptors (Lipinski definition) is 4. The molecule has 2 atom stereocenters. The molecule has 2 heterocycles. The summed E-state index contributed by atoms with van der Waals surface area (Å²) in [5.74, 6) is 0.533. The summed E-state index contributed by atoms with van der Waals surface area (Å²) in [4.78, 5) is 3.69. The Kier molecular flexibility index (Phi) is 5.49. The molecule has 2 unspecified atom stereocenters. The Hall–Kier alpha value is -0.130. The van der Waals surface area contributed by atoms with Crippen LogP contribution in [-0.4, -0.2) is 36.7 Å². The van der Waals surface area contributed by atoms with E-state index in [0.717, 1.165) is 30.3 Å². The van der Waals surface area contributed by atoms with Crippen molar-refractivity contribution in [3.05, 3.63) is 21.3 Å². The summed E-state index contributed by atoms with van der Waals surface area (Å²) >= 11 is 7.67. The minimum Gasteiger partial charge on any atom is -0.378 e. The number of nitrogens with zero attached hydrogens (tertiary/aromatic N) is 1. The van der Waals surface area contributed by atoms with Crippen LogP contribution in [-0.2, 0) is 11.3 Å². The smallest absolute Gasteiger partial charge is 0.0931 e. The zero-order valence-corrected chi connectivity index (χ0v) is 14.1. The largest absolute Gasteiger partial charge is 0.378 e. The molecule has 2 N–H and O–H groups in total. The van der Waals surface area contributed by atoms with Crippen LogP contribution >= 0.6 is 22.9 Å². The molecule has 0 spiro atoms. The van der Waals surface area contributed by atoms with E-state index in [0.29, 0.717) is 18.6 Å². The van der Waals surface area contributed by atoms with Gasteiger partial charge >= 0.3 is 0 Å². The van der Waals surface area contributed by atoms with E-state index in [4.69, 9.17) is 22.1 Å². The molecule has 0 aliphatic carbocycles. The second-order valence-electron chi connectivity index (χ2n) is 6.10. The predicted molar refractivity (Wildman–Crippen MR) is 86.4 cm³/mol. The van der Waals surface area contributed by atoms with Gasteiger partial charge in [-0.3, -0.25) is 4.90 Å². The van der Waals surface area contributed by atoms with Crippen LogP contribution < -0.4 is 5.73 Å². The van der Waals surface area contributed by atoms with E-state index >= 15 is 0 Å². The maximum Gasteiger partial charge on any atom is 0.0931 e. The van der Waals surface area contributed by atoms with E-state index in [9.17, 15) is 0 Å². The van der Waals surface area contributed by atoms with Crippen LogP contribution in [0.1, 0.15) is 31.6 Å². The fraction of sp³-hybridized carbons (Fsp3) is 0.733. The second kappa shape index (κ2) is 6.75. The van der Waals surface area contributed by atoms with E-state index in [1.165, 1.54) is 4.88 Å². The average Bonchev–Trinajstić information content (AvgIpc) is 2.84. The van der Waals surface area contributed by atoms with Gasteiger partial charge in [-0.25, -0.2) is 0 Å². The number of rotatable bonds is 5. The van der Waals surface area contributed by atoms with Crippen LogP contribution in [0.2, 0.25) is 4.34 Å². The Labute approximate surface area is 131 Å². The van der Waals surface area contributed by atoms with Crippen LogP contribution in [0, 0.1) is 5.92 Å². The maximum atomic E-state index is 6.14. The topological polar surface area (TPSA) is 38.5 Å². The monoisotopic (exact) mass is 316 g/mol. The van der Waals surface area contributed by atoms with E-state index in [-0.39, 0.29) is 5.54 Å². The highest BCUT2D eigenvalue weighted by molar-refractivity contribution is 7.16. The molecule has 0 radical (unpaired) electrons. The molecule has 1 aromatic heterocycles. The number of halogens is 1. The molecule has 1 aromatic rings. The van der Waals surface area contributed by atoms with Gasteiger partial charge in [0.1, 0.15) is 0 Å². The van der Waals surface area contributed by atoms with Crippen LogP contribution in [0.5, 0.6) is 0 Å². The lowest BCUT2D eigenvalue weighted by molar-refractivity contribution is -0.0832. The van der Waals surface area contributed by atoms with Crippen molar-refractivity contribution >= 4 is 22.9 Å². The van der Waals surface area contributed by atoms with Crippen molar-refractivity contribution in [3.63, 3.8) is 0 Å². The lowest BCUT2D eigenvalue weighted by Gasteiger charge is -2.47. The Morgan fingerprint density at radius 2 is 2.30 bits per heavy atom. The zero-order valence-electron chi connectivity index (χ0n) is 12.6. The first-order chi connectivity index (χ1) is 9.47. The van der Waals surface area contributed by atoms with Crippen molar-refractivity contribution in [3.8, 4) is 0 Å². The van der Waals surface area contributed by atoms with Gasteiger partial charge in [0.05, 0.1) is 10.4 Å². The molecule has 0 saturated carbocycles. The van der Waals surface area contributed by atoms with Gasteiger partial charge in [0.25, 0.3) is 0 Å². The van der Waals surface area contributed by atoms with Gasteiger partial charge < -0.3 is 10.5 Å². The summed E-state index contributed by atoms with van der Waals surface area (Å²) < 4.78 is 6.75. The molecule has 1 saturated heterocycles. The summed E-state index contributed by atoms with van der Waals surface area (Å²) in [5, 5.41) is 0. The highest BCUT2D eigenvalue weighted by Crippen LogP contribution is 2.34. The molecule has 3 nitrogen and oxygen atoms in total. The minimum absolute atomic E-state index is 0.0453. The number of likely N-dealkylation sites (N-methyl/N-ethyl adjacent to an activating group) is 1. The maximum absolute atomic E-state index is 6.14. The van der Waals surface area contributed by atoms with Crippen molar-refractivity contribution < 1.29 is 4.74 Å². The van der Waals surface area contributed by atoms with E-state index in [1.54, 1.807) is 11.3 Å². The third kappa shape index (κ3) is 3.55. The quantitative estimate of drug-likeness (QED) is 0.905. The van der Waals surface area contributed by atoms with E-state index < -0.39 is 0 Å². The Morgan fingerprint density at radius 1 is 1.55 bits per heavy atom. The average molecular weight is 317 g/mol. The SMILES string of the molecule is CC(C)C1CC(CN)(N(C)Cc2ccc(Cl)s2)CCO1. The van der Waals surface area contributed by atoms with Crippen LogP contribution in [0.3, 0.4) is 0 Å². The first kappa shape index (κ1) is 16.2. The number of nitrogens with two attached hydrogens (primary N) is 1. The van der Waals surface area contributed by atoms with Gasteiger partial charge in [-0.1, -0.05) is 25.4 Å². The minimum atomic E-state index is 0.0453. The molecule has 0 aromatic carbocycles. The van der Waals surface area contributed by atoms with Gasteiger partial charge in [0.2, 0.25) is 0 Å². The van der Waals surface area contributed by atoms with Crippen molar-refractivity contribution in [2.45, 2.75) is 44.9 Å². The highest BCUT2D eigenvalue weighted by Gasteiger charge is 2.40. The van der Waals surface area contributed by atoms with Gasteiger partial charge in [-0.2, -0.15) is 0 Å². The summed E-state index contributed by atoms with van der Waals surface area (Å²) in [7, 11) is 2.17. The summed E-state index contributed by atoms with van der Waals surface area (Å²) in [6, 6.07) is 4.07. The van der Waals surface area contributed by atoms with Crippen molar-refractivity contribution in [1.82, 2.24) is 4.90 Å². The lowest BCUT2D eigenvalue weighted by Crippen LogP contribution is -2.57. The zero-order chi connectivity index (χ0) is 14.8. The normalized spacial score (nSPS) is 27.4. The predicted octanol–water partition coefficient (Wildman–Crippen LogP) is 3.37. The molecule has 20 heavy (non-hydrogen) atoms. The van der Waals surface area contributed by atoms with Crippen LogP contribution in [0.15, 0.2) is 12.1 Å². The van der Waals surface area contributed by atoms with Gasteiger partial charge in [-0.15, -0.1) is 11.3 Å². The molecule has 0 bridgehead atoms. The van der Waals surface area contributed by atoms with Gasteiger partial charge in [0.15, 0.2) is 0 Å². The molecule has 1 aliphatic rings. The molecule has 0 amide bonds. The third-order valence-electron chi connectivity index (χ3n) is 4.44. The summed E-state index contributed by atoms with van der Waals surface area (Å²) in [6.07, 6.45) is 2.32. The number of hydrogen-bond donors (Lipinski definition) is 1. The van der Waals surface area contributed by atoms with Crippen molar-refractivity contribution in [1.29, 1.82) is 0 Å². The first-order valence-electron chi connectivity index (χ1n) is 7.24. The summed E-state index contributed by atoms with van der Waals surface area (Å²) in [6.45, 7) is 6.82. The highest BCUT2D eigenvalue weighted by atomic mass is 35.5. The van der Waals surface area contributed by atoms with Gasteiger partial charge in [-0.05, 0) is 37.9 Å². The molecule has 1 aliphatic heterocycles. The van der Waals surface area contributed by atoms with Crippen LogP contribution in [0.25, 0.3) is 0 Å². The molecular formula is C15H25ClN2OS. The molecule has 5 heteroatoms. The lowest BCUT2D eigenvalue weighted by atomic mass is 9.82. The van der Waals surface area contributed by atoms with Crippen molar-refractivity contribution in [2.24, 2.45) is 11.7 Å². The Bertz CT molecular complexity index is 437. The van der Waals surface area contributed by atoms with E-state index in [2.05, 4.69) is 31.9 Å². The Balaban J connectivity index is 2.08. The van der Waals surface area contributed by atoms with Crippen molar-refractivity contribution in [2.75, 3.05) is 20.2 Å². The molecule has 114 valence electrons. The number of thiophene rings is 1. The molecule has 2 rings (SSSR count). The molecular weight excluding hydrogens is 292 g/mol. The fourth-order valence-electron chi connectivity index (χ4n) is 2.89. The first-order valence-corrected chi connectivity index (χ1v) is 8.43. The Morgan fingerprint density at radius 3 is 2.85 bits per heavy atom. The van der Waals surface area contributed by atoms with Gasteiger partial charge in [0, 0.05) is 30.1 Å². The standard InChI is InChI=1S/C15H25ClN2OS/c1-11(2)13-8-15(10-17,6-7-19-13)18(3)9-12-4-5-14(16)20-12/h4-5,11,13H,6-10,17H2,1-3H3.